The molecule has 0 radical (unpaired) electrons. The molecule has 1 fully saturated rings. The monoisotopic (exact) mass is 523 g/mol. The van der Waals surface area contributed by atoms with Crippen molar-refractivity contribution in [3.05, 3.63) is 77.2 Å². The summed E-state index contributed by atoms with van der Waals surface area (Å²) in [6.07, 6.45) is 0. The van der Waals surface area contributed by atoms with Crippen molar-refractivity contribution in [1.29, 1.82) is 0 Å². The summed E-state index contributed by atoms with van der Waals surface area (Å²) < 4.78 is 19.6. The fourth-order valence-corrected chi connectivity index (χ4v) is 4.92. The van der Waals surface area contributed by atoms with Crippen LogP contribution in [0, 0.1) is 11.7 Å². The number of carbonyl (C=O) groups excluding carboxylic acids is 1. The van der Waals surface area contributed by atoms with E-state index in [1.807, 2.05) is 42.5 Å². The van der Waals surface area contributed by atoms with Crippen molar-refractivity contribution < 1.29 is 13.9 Å². The lowest BCUT2D eigenvalue weighted by atomic mass is 10.1. The van der Waals surface area contributed by atoms with E-state index in [1.54, 1.807) is 24.9 Å². The van der Waals surface area contributed by atoms with Gasteiger partial charge < -0.3 is 19.9 Å². The second kappa shape index (κ2) is 12.9. The first-order chi connectivity index (χ1) is 17.9. The van der Waals surface area contributed by atoms with Crippen LogP contribution in [-0.2, 0) is 17.1 Å². The lowest BCUT2D eigenvalue weighted by molar-refractivity contribution is 0.0949. The van der Waals surface area contributed by atoms with E-state index in [2.05, 4.69) is 33.9 Å². The second-order valence-corrected chi connectivity index (χ2v) is 10.4. The Balaban J connectivity index is 1.39. The first-order valence-electron chi connectivity index (χ1n) is 12.5. The van der Waals surface area contributed by atoms with Crippen molar-refractivity contribution in [2.24, 2.45) is 5.92 Å². The van der Waals surface area contributed by atoms with E-state index in [0.717, 1.165) is 30.2 Å². The summed E-state index contributed by atoms with van der Waals surface area (Å²) in [6, 6.07) is 16.5. The quantitative estimate of drug-likeness (QED) is 0.303. The molecule has 1 amide bonds. The van der Waals surface area contributed by atoms with Crippen LogP contribution in [0.2, 0.25) is 0 Å². The first-order valence-corrected chi connectivity index (χ1v) is 13.5. The molecule has 0 spiro atoms. The standard InChI is InChI=1S/C28H34FN5O2S/c1-20(2)17-30-27(35)22-10-8-21(9-11-22)19-37-28-31-23(18-36-3)16-26(32-28)34-14-12-33(13-15-34)25-7-5-4-6-24(25)29/h4-11,16,20H,12-15,17-19H2,1-3H3,(H,30,35). The molecule has 1 aromatic heterocycles. The molecule has 0 saturated carbocycles. The molecule has 2 heterocycles. The minimum atomic E-state index is -0.191. The zero-order valence-electron chi connectivity index (χ0n) is 21.6. The summed E-state index contributed by atoms with van der Waals surface area (Å²) in [6.45, 7) is 8.10. The van der Waals surface area contributed by atoms with Gasteiger partial charge >= 0.3 is 0 Å². The van der Waals surface area contributed by atoms with Crippen LogP contribution in [0.25, 0.3) is 0 Å². The number of hydrogen-bond acceptors (Lipinski definition) is 7. The van der Waals surface area contributed by atoms with Gasteiger partial charge in [-0.2, -0.15) is 0 Å². The van der Waals surface area contributed by atoms with E-state index in [-0.39, 0.29) is 11.7 Å². The van der Waals surface area contributed by atoms with Crippen LogP contribution in [0.3, 0.4) is 0 Å². The highest BCUT2D eigenvalue weighted by atomic mass is 32.2. The lowest BCUT2D eigenvalue weighted by Gasteiger charge is -2.37. The maximum Gasteiger partial charge on any atom is 0.251 e. The number of anilines is 2. The molecule has 196 valence electrons. The molecule has 9 heteroatoms. The van der Waals surface area contributed by atoms with Gasteiger partial charge in [0.15, 0.2) is 5.16 Å². The average Bonchev–Trinajstić information content (AvgIpc) is 2.91. The number of nitrogens with zero attached hydrogens (tertiary/aromatic N) is 4. The Bertz CT molecular complexity index is 1180. The molecule has 2 aromatic carbocycles. The van der Waals surface area contributed by atoms with Crippen LogP contribution in [-0.4, -0.2) is 55.7 Å². The highest BCUT2D eigenvalue weighted by Crippen LogP contribution is 2.26. The second-order valence-electron chi connectivity index (χ2n) is 9.45. The number of para-hydroxylation sites is 1. The molecule has 4 rings (SSSR count). The number of piperazine rings is 1. The van der Waals surface area contributed by atoms with E-state index in [0.29, 0.717) is 54.3 Å². The smallest absolute Gasteiger partial charge is 0.251 e. The highest BCUT2D eigenvalue weighted by molar-refractivity contribution is 7.98. The molecular weight excluding hydrogens is 489 g/mol. The Morgan fingerprint density at radius 1 is 1.05 bits per heavy atom. The van der Waals surface area contributed by atoms with Gasteiger partial charge in [0, 0.05) is 57.2 Å². The van der Waals surface area contributed by atoms with Crippen molar-refractivity contribution in [3.63, 3.8) is 0 Å². The Hall–Kier alpha value is -3.17. The predicted molar refractivity (Wildman–Crippen MR) is 147 cm³/mol. The summed E-state index contributed by atoms with van der Waals surface area (Å²) in [7, 11) is 1.65. The van der Waals surface area contributed by atoms with Gasteiger partial charge in [-0.15, -0.1) is 0 Å². The van der Waals surface area contributed by atoms with E-state index < -0.39 is 0 Å². The summed E-state index contributed by atoms with van der Waals surface area (Å²) in [4.78, 5) is 26.1. The van der Waals surface area contributed by atoms with Gasteiger partial charge in [0.25, 0.3) is 5.91 Å². The zero-order valence-corrected chi connectivity index (χ0v) is 22.4. The summed E-state index contributed by atoms with van der Waals surface area (Å²) >= 11 is 1.55. The predicted octanol–water partition coefficient (Wildman–Crippen LogP) is 4.77. The number of aromatic nitrogens is 2. The topological polar surface area (TPSA) is 70.6 Å². The van der Waals surface area contributed by atoms with Gasteiger partial charge in [0.1, 0.15) is 11.6 Å². The van der Waals surface area contributed by atoms with Crippen molar-refractivity contribution in [3.8, 4) is 0 Å². The van der Waals surface area contributed by atoms with E-state index >= 15 is 0 Å². The molecule has 0 unspecified atom stereocenters. The Labute approximate surface area is 222 Å². The van der Waals surface area contributed by atoms with E-state index in [9.17, 15) is 9.18 Å². The van der Waals surface area contributed by atoms with Gasteiger partial charge in [-0.1, -0.05) is 49.9 Å². The number of thioether (sulfide) groups is 1. The summed E-state index contributed by atoms with van der Waals surface area (Å²) in [5, 5.41) is 3.62. The first kappa shape index (κ1) is 26.9. The normalized spacial score (nSPS) is 13.8. The third kappa shape index (κ3) is 7.42. The molecule has 3 aromatic rings. The summed E-state index contributed by atoms with van der Waals surface area (Å²) in [5.74, 6) is 1.71. The SMILES string of the molecule is COCc1cc(N2CCN(c3ccccc3F)CC2)nc(SCc2ccc(C(=O)NCC(C)C)cc2)n1. The van der Waals surface area contributed by atoms with Gasteiger partial charge in [0.05, 0.1) is 18.0 Å². The number of rotatable bonds is 10. The van der Waals surface area contributed by atoms with Crippen LogP contribution in [0.4, 0.5) is 15.9 Å². The Morgan fingerprint density at radius 3 is 2.43 bits per heavy atom. The molecule has 1 aliphatic rings. The van der Waals surface area contributed by atoms with Gasteiger partial charge in [-0.25, -0.2) is 14.4 Å². The number of benzene rings is 2. The van der Waals surface area contributed by atoms with Gasteiger partial charge in [-0.05, 0) is 35.7 Å². The van der Waals surface area contributed by atoms with Crippen LogP contribution >= 0.6 is 11.8 Å². The molecule has 37 heavy (non-hydrogen) atoms. The van der Waals surface area contributed by atoms with Crippen molar-refractivity contribution in [1.82, 2.24) is 15.3 Å². The molecule has 0 bridgehead atoms. The number of hydrogen-bond donors (Lipinski definition) is 1. The van der Waals surface area contributed by atoms with Crippen LogP contribution in [0.5, 0.6) is 0 Å². The lowest BCUT2D eigenvalue weighted by Crippen LogP contribution is -2.47. The van der Waals surface area contributed by atoms with Crippen molar-refractivity contribution >= 4 is 29.2 Å². The largest absolute Gasteiger partial charge is 0.378 e. The minimum Gasteiger partial charge on any atom is -0.378 e. The Morgan fingerprint density at radius 2 is 1.76 bits per heavy atom. The van der Waals surface area contributed by atoms with E-state index in [1.165, 1.54) is 6.07 Å². The maximum atomic E-state index is 14.2. The number of ether oxygens (including phenoxy) is 1. The van der Waals surface area contributed by atoms with E-state index in [4.69, 9.17) is 9.72 Å². The van der Waals surface area contributed by atoms with Crippen molar-refractivity contribution in [2.45, 2.75) is 31.4 Å². The van der Waals surface area contributed by atoms with Gasteiger partial charge in [0.2, 0.25) is 0 Å². The number of methoxy groups -OCH3 is 1. The fraction of sp³-hybridized carbons (Fsp3) is 0.393. The average molecular weight is 524 g/mol. The number of nitrogens with one attached hydrogen (secondary N) is 1. The van der Waals surface area contributed by atoms with Crippen LogP contribution < -0.4 is 15.1 Å². The zero-order chi connectivity index (χ0) is 26.2. The fourth-order valence-electron chi connectivity index (χ4n) is 4.09. The molecule has 1 saturated heterocycles. The minimum absolute atomic E-state index is 0.0526. The number of amides is 1. The summed E-state index contributed by atoms with van der Waals surface area (Å²) in [5.41, 5.74) is 3.21. The molecule has 1 N–H and O–H groups in total. The molecular formula is C28H34FN5O2S. The third-order valence-corrected chi connectivity index (χ3v) is 7.01. The Kier molecular flexibility index (Phi) is 9.35. The molecule has 0 aliphatic carbocycles. The van der Waals surface area contributed by atoms with Crippen molar-refractivity contribution in [2.75, 3.05) is 49.6 Å². The molecule has 7 nitrogen and oxygen atoms in total. The van der Waals surface area contributed by atoms with Crippen LogP contribution in [0.15, 0.2) is 59.8 Å². The highest BCUT2D eigenvalue weighted by Gasteiger charge is 2.21. The molecule has 0 atom stereocenters. The number of carbonyl (C=O) groups is 1. The molecule has 1 aliphatic heterocycles. The number of halogens is 1. The van der Waals surface area contributed by atoms with Crippen LogP contribution in [0.1, 0.15) is 35.5 Å². The van der Waals surface area contributed by atoms with Gasteiger partial charge in [-0.3, -0.25) is 4.79 Å². The maximum absolute atomic E-state index is 14.2. The third-order valence-electron chi connectivity index (χ3n) is 6.09.